The molecule has 0 saturated heterocycles. The summed E-state index contributed by atoms with van der Waals surface area (Å²) in [6, 6.07) is 6.01. The lowest BCUT2D eigenvalue weighted by Gasteiger charge is -2.22. The molecule has 4 N–H and O–H groups in total. The molecule has 0 aliphatic heterocycles. The van der Waals surface area contributed by atoms with Gasteiger partial charge in [0, 0.05) is 12.6 Å². The van der Waals surface area contributed by atoms with Gasteiger partial charge in [0.1, 0.15) is 6.04 Å². The average Bonchev–Trinajstić information content (AvgIpc) is 2.37. The van der Waals surface area contributed by atoms with Crippen molar-refractivity contribution in [3.05, 3.63) is 29.8 Å². The van der Waals surface area contributed by atoms with Gasteiger partial charge in [0.2, 0.25) is 5.91 Å². The molecule has 0 bridgehead atoms. The van der Waals surface area contributed by atoms with E-state index in [1.807, 2.05) is 20.8 Å². The van der Waals surface area contributed by atoms with Gasteiger partial charge >= 0.3 is 0 Å². The summed E-state index contributed by atoms with van der Waals surface area (Å²) >= 11 is 0. The van der Waals surface area contributed by atoms with E-state index in [0.29, 0.717) is 11.3 Å². The summed E-state index contributed by atoms with van der Waals surface area (Å²) in [4.78, 5) is 24.2. The van der Waals surface area contributed by atoms with Gasteiger partial charge in [-0.1, -0.05) is 12.1 Å². The summed E-state index contributed by atoms with van der Waals surface area (Å²) in [5.41, 5.74) is 6.13. The number of ether oxygens (including phenoxy) is 1. The molecule has 0 radical (unpaired) electrons. The van der Waals surface area contributed by atoms with Crippen molar-refractivity contribution >= 4 is 17.5 Å². The standard InChI is InChI=1S/C15H23N3O3/c1-15(2,3)18-13(19)10-7-5-6-8-12(10)17-14(20)11(16)9-21-4/h5-8,11H,9,16H2,1-4H3,(H,17,20)(H,18,19). The van der Waals surface area contributed by atoms with Crippen LogP contribution in [0.4, 0.5) is 5.69 Å². The zero-order valence-electron chi connectivity index (χ0n) is 12.9. The van der Waals surface area contributed by atoms with Crippen molar-refractivity contribution < 1.29 is 14.3 Å². The number of hydrogen-bond donors (Lipinski definition) is 3. The number of amides is 2. The molecular weight excluding hydrogens is 270 g/mol. The topological polar surface area (TPSA) is 93.4 Å². The molecule has 2 amide bonds. The lowest BCUT2D eigenvalue weighted by atomic mass is 10.1. The monoisotopic (exact) mass is 293 g/mol. The summed E-state index contributed by atoms with van der Waals surface area (Å²) < 4.78 is 4.84. The van der Waals surface area contributed by atoms with E-state index in [-0.39, 0.29) is 18.1 Å². The average molecular weight is 293 g/mol. The molecule has 21 heavy (non-hydrogen) atoms. The molecule has 0 fully saturated rings. The molecular formula is C15H23N3O3. The lowest BCUT2D eigenvalue weighted by molar-refractivity contribution is -0.118. The van der Waals surface area contributed by atoms with Gasteiger partial charge < -0.3 is 21.1 Å². The molecule has 1 atom stereocenters. The summed E-state index contributed by atoms with van der Waals surface area (Å²) in [7, 11) is 1.47. The van der Waals surface area contributed by atoms with E-state index >= 15 is 0 Å². The van der Waals surface area contributed by atoms with E-state index in [9.17, 15) is 9.59 Å². The SMILES string of the molecule is COCC(N)C(=O)Nc1ccccc1C(=O)NC(C)(C)C. The van der Waals surface area contributed by atoms with Crippen molar-refractivity contribution in [2.75, 3.05) is 19.0 Å². The van der Waals surface area contributed by atoms with Crippen molar-refractivity contribution in [3.63, 3.8) is 0 Å². The first-order chi connectivity index (χ1) is 9.74. The number of carbonyl (C=O) groups is 2. The van der Waals surface area contributed by atoms with E-state index in [1.165, 1.54) is 7.11 Å². The van der Waals surface area contributed by atoms with Gasteiger partial charge in [-0.2, -0.15) is 0 Å². The minimum atomic E-state index is -0.784. The molecule has 0 heterocycles. The predicted molar refractivity (Wildman–Crippen MR) is 82.1 cm³/mol. The van der Waals surface area contributed by atoms with Crippen molar-refractivity contribution in [2.24, 2.45) is 5.73 Å². The van der Waals surface area contributed by atoms with Gasteiger partial charge in [-0.3, -0.25) is 9.59 Å². The lowest BCUT2D eigenvalue weighted by Crippen LogP contribution is -2.42. The quantitative estimate of drug-likeness (QED) is 0.758. The Kier molecular flexibility index (Phi) is 5.87. The zero-order valence-corrected chi connectivity index (χ0v) is 12.9. The van der Waals surface area contributed by atoms with Crippen LogP contribution in [0.15, 0.2) is 24.3 Å². The zero-order chi connectivity index (χ0) is 16.0. The fraction of sp³-hybridized carbons (Fsp3) is 0.467. The Balaban J connectivity index is 2.89. The summed E-state index contributed by atoms with van der Waals surface area (Å²) in [5.74, 6) is -0.647. The number of nitrogens with two attached hydrogens (primary N) is 1. The number of hydrogen-bond acceptors (Lipinski definition) is 4. The molecule has 6 heteroatoms. The third-order valence-electron chi connectivity index (χ3n) is 2.60. The van der Waals surface area contributed by atoms with Gasteiger partial charge in [-0.05, 0) is 32.9 Å². The van der Waals surface area contributed by atoms with Gasteiger partial charge in [0.05, 0.1) is 17.9 Å². The minimum absolute atomic E-state index is 0.113. The molecule has 0 aromatic heterocycles. The highest BCUT2D eigenvalue weighted by Gasteiger charge is 2.20. The van der Waals surface area contributed by atoms with Crippen LogP contribution in [0.5, 0.6) is 0 Å². The molecule has 1 rings (SSSR count). The molecule has 0 spiro atoms. The first kappa shape index (κ1) is 17.1. The third-order valence-corrected chi connectivity index (χ3v) is 2.60. The number of para-hydroxylation sites is 1. The van der Waals surface area contributed by atoms with Crippen LogP contribution in [0.3, 0.4) is 0 Å². The van der Waals surface area contributed by atoms with Crippen LogP contribution >= 0.6 is 0 Å². The fourth-order valence-electron chi connectivity index (χ4n) is 1.68. The maximum absolute atomic E-state index is 12.2. The van der Waals surface area contributed by atoms with E-state index in [1.54, 1.807) is 24.3 Å². The Hall–Kier alpha value is -1.92. The fourth-order valence-corrected chi connectivity index (χ4v) is 1.68. The second kappa shape index (κ2) is 7.19. The number of methoxy groups -OCH3 is 1. The van der Waals surface area contributed by atoms with E-state index in [0.717, 1.165) is 0 Å². The summed E-state index contributed by atoms with van der Waals surface area (Å²) in [5, 5.41) is 5.51. The molecule has 1 unspecified atom stereocenters. The molecule has 1 aromatic rings. The van der Waals surface area contributed by atoms with Gasteiger partial charge in [-0.15, -0.1) is 0 Å². The van der Waals surface area contributed by atoms with Gasteiger partial charge in [0.25, 0.3) is 5.91 Å². The molecule has 0 aliphatic carbocycles. The molecule has 6 nitrogen and oxygen atoms in total. The second-order valence-electron chi connectivity index (χ2n) is 5.80. The normalized spacial score (nSPS) is 12.6. The van der Waals surface area contributed by atoms with Crippen LogP contribution in [0, 0.1) is 0 Å². The minimum Gasteiger partial charge on any atom is -0.383 e. The number of benzene rings is 1. The smallest absolute Gasteiger partial charge is 0.253 e. The largest absolute Gasteiger partial charge is 0.383 e. The van der Waals surface area contributed by atoms with Crippen LogP contribution in [0.1, 0.15) is 31.1 Å². The second-order valence-corrected chi connectivity index (χ2v) is 5.80. The van der Waals surface area contributed by atoms with Gasteiger partial charge in [0.15, 0.2) is 0 Å². The van der Waals surface area contributed by atoms with Crippen molar-refractivity contribution in [1.29, 1.82) is 0 Å². The summed E-state index contributed by atoms with van der Waals surface area (Å²) in [6.07, 6.45) is 0. The van der Waals surface area contributed by atoms with Crippen molar-refractivity contribution in [2.45, 2.75) is 32.4 Å². The maximum atomic E-state index is 12.2. The molecule has 0 aliphatic rings. The Labute approximate surface area is 125 Å². The number of rotatable bonds is 5. The Morgan fingerprint density at radius 3 is 2.48 bits per heavy atom. The molecule has 0 saturated carbocycles. The van der Waals surface area contributed by atoms with Crippen molar-refractivity contribution in [3.8, 4) is 0 Å². The van der Waals surface area contributed by atoms with Crippen LogP contribution in [0.2, 0.25) is 0 Å². The van der Waals surface area contributed by atoms with Crippen LogP contribution < -0.4 is 16.4 Å². The molecule has 116 valence electrons. The number of carbonyl (C=O) groups excluding carboxylic acids is 2. The number of anilines is 1. The Morgan fingerprint density at radius 2 is 1.90 bits per heavy atom. The highest BCUT2D eigenvalue weighted by molar-refractivity contribution is 6.05. The van der Waals surface area contributed by atoms with E-state index in [2.05, 4.69) is 10.6 Å². The van der Waals surface area contributed by atoms with Crippen molar-refractivity contribution in [1.82, 2.24) is 5.32 Å². The first-order valence-electron chi connectivity index (χ1n) is 6.71. The van der Waals surface area contributed by atoms with Gasteiger partial charge in [-0.25, -0.2) is 0 Å². The number of nitrogens with one attached hydrogen (secondary N) is 2. The molecule has 1 aromatic carbocycles. The van der Waals surface area contributed by atoms with Crippen LogP contribution in [-0.2, 0) is 9.53 Å². The highest BCUT2D eigenvalue weighted by atomic mass is 16.5. The Morgan fingerprint density at radius 1 is 1.29 bits per heavy atom. The third kappa shape index (κ3) is 5.53. The predicted octanol–water partition coefficient (Wildman–Crippen LogP) is 1.13. The van der Waals surface area contributed by atoms with Crippen LogP contribution in [-0.4, -0.2) is 37.1 Å². The highest BCUT2D eigenvalue weighted by Crippen LogP contribution is 2.16. The maximum Gasteiger partial charge on any atom is 0.253 e. The Bertz CT molecular complexity index is 509. The van der Waals surface area contributed by atoms with E-state index in [4.69, 9.17) is 10.5 Å². The van der Waals surface area contributed by atoms with E-state index < -0.39 is 11.9 Å². The first-order valence-corrected chi connectivity index (χ1v) is 6.71. The van der Waals surface area contributed by atoms with Crippen LogP contribution in [0.25, 0.3) is 0 Å². The summed E-state index contributed by atoms with van der Waals surface area (Å²) in [6.45, 7) is 5.78.